The number of pyridine rings is 1. The summed E-state index contributed by atoms with van der Waals surface area (Å²) in [5.74, 6) is 1.16. The first kappa shape index (κ1) is 14.6. The zero-order chi connectivity index (χ0) is 14.7. The zero-order valence-electron chi connectivity index (χ0n) is 12.0. The van der Waals surface area contributed by atoms with Gasteiger partial charge in [-0.25, -0.2) is 0 Å². The molecule has 2 heterocycles. The van der Waals surface area contributed by atoms with Crippen LogP contribution in [0.3, 0.4) is 0 Å². The van der Waals surface area contributed by atoms with E-state index in [-0.39, 0.29) is 5.69 Å². The SMILES string of the molecule is CC(C)CC1CCCN(c2cc[nH]c(=O)c2[N+](=O)[O-])C1. The van der Waals surface area contributed by atoms with Crippen LogP contribution in [-0.2, 0) is 0 Å². The van der Waals surface area contributed by atoms with Gasteiger partial charge in [0.1, 0.15) is 5.69 Å². The lowest BCUT2D eigenvalue weighted by Crippen LogP contribution is -2.37. The number of rotatable bonds is 4. The Bertz CT molecular complexity index is 539. The van der Waals surface area contributed by atoms with Crippen LogP contribution in [0.25, 0.3) is 0 Å². The molecule has 1 aromatic rings. The summed E-state index contributed by atoms with van der Waals surface area (Å²) in [5, 5.41) is 11.1. The molecule has 6 heteroatoms. The lowest BCUT2D eigenvalue weighted by molar-refractivity contribution is -0.385. The maximum atomic E-state index is 11.7. The molecule has 1 fully saturated rings. The van der Waals surface area contributed by atoms with Gasteiger partial charge in [0.25, 0.3) is 0 Å². The second-order valence-corrected chi connectivity index (χ2v) is 5.88. The van der Waals surface area contributed by atoms with E-state index in [0.29, 0.717) is 17.5 Å². The fourth-order valence-corrected chi connectivity index (χ4v) is 3.03. The first-order valence-corrected chi connectivity index (χ1v) is 7.10. The van der Waals surface area contributed by atoms with E-state index in [4.69, 9.17) is 0 Å². The monoisotopic (exact) mass is 279 g/mol. The van der Waals surface area contributed by atoms with Crippen molar-refractivity contribution in [3.05, 3.63) is 32.7 Å². The number of aromatic nitrogens is 1. The van der Waals surface area contributed by atoms with Crippen molar-refractivity contribution in [3.63, 3.8) is 0 Å². The molecule has 0 aliphatic carbocycles. The van der Waals surface area contributed by atoms with E-state index < -0.39 is 10.5 Å². The lowest BCUT2D eigenvalue weighted by atomic mass is 9.89. The van der Waals surface area contributed by atoms with Gasteiger partial charge in [0.15, 0.2) is 0 Å². The molecule has 1 aliphatic rings. The van der Waals surface area contributed by atoms with Crippen molar-refractivity contribution >= 4 is 11.4 Å². The maximum Gasteiger partial charge on any atom is 0.356 e. The number of hydrogen-bond acceptors (Lipinski definition) is 4. The molecule has 0 amide bonds. The minimum atomic E-state index is -0.626. The van der Waals surface area contributed by atoms with Crippen molar-refractivity contribution in [1.82, 2.24) is 4.98 Å². The fraction of sp³-hybridized carbons (Fsp3) is 0.643. The molecule has 6 nitrogen and oxygen atoms in total. The predicted octanol–water partition coefficient (Wildman–Crippen LogP) is 2.55. The normalized spacial score (nSPS) is 19.4. The molecule has 0 spiro atoms. The minimum absolute atomic E-state index is 0.335. The van der Waals surface area contributed by atoms with E-state index in [2.05, 4.69) is 18.8 Å². The first-order valence-electron chi connectivity index (χ1n) is 7.10. The Morgan fingerprint density at radius 1 is 1.55 bits per heavy atom. The maximum absolute atomic E-state index is 11.7. The third kappa shape index (κ3) is 3.18. The van der Waals surface area contributed by atoms with Crippen LogP contribution in [0, 0.1) is 22.0 Å². The largest absolute Gasteiger partial charge is 0.365 e. The fourth-order valence-electron chi connectivity index (χ4n) is 3.03. The van der Waals surface area contributed by atoms with Crippen LogP contribution in [0.4, 0.5) is 11.4 Å². The van der Waals surface area contributed by atoms with Crippen molar-refractivity contribution in [2.75, 3.05) is 18.0 Å². The van der Waals surface area contributed by atoms with Crippen molar-refractivity contribution in [1.29, 1.82) is 0 Å². The highest BCUT2D eigenvalue weighted by molar-refractivity contribution is 5.61. The first-order chi connectivity index (χ1) is 9.49. The predicted molar refractivity (Wildman–Crippen MR) is 78.1 cm³/mol. The van der Waals surface area contributed by atoms with Crippen LogP contribution in [0.2, 0.25) is 0 Å². The average molecular weight is 279 g/mol. The summed E-state index contributed by atoms with van der Waals surface area (Å²) >= 11 is 0. The van der Waals surface area contributed by atoms with Crippen LogP contribution in [0.1, 0.15) is 33.1 Å². The van der Waals surface area contributed by atoms with E-state index in [0.717, 1.165) is 32.4 Å². The van der Waals surface area contributed by atoms with Gasteiger partial charge in [0, 0.05) is 19.3 Å². The molecule has 0 bridgehead atoms. The summed E-state index contributed by atoms with van der Waals surface area (Å²) in [6.45, 7) is 5.95. The molecule has 1 aliphatic heterocycles. The van der Waals surface area contributed by atoms with Crippen LogP contribution in [0.5, 0.6) is 0 Å². The molecule has 110 valence electrons. The topological polar surface area (TPSA) is 79.2 Å². The molecule has 0 aromatic carbocycles. The van der Waals surface area contributed by atoms with Crippen LogP contribution >= 0.6 is 0 Å². The van der Waals surface area contributed by atoms with Gasteiger partial charge in [0.2, 0.25) is 0 Å². The van der Waals surface area contributed by atoms with Crippen molar-refractivity contribution < 1.29 is 4.92 Å². The van der Waals surface area contributed by atoms with E-state index >= 15 is 0 Å². The summed E-state index contributed by atoms with van der Waals surface area (Å²) in [7, 11) is 0. The van der Waals surface area contributed by atoms with Gasteiger partial charge in [-0.05, 0) is 37.2 Å². The number of aromatic amines is 1. The summed E-state index contributed by atoms with van der Waals surface area (Å²) in [5.41, 5.74) is -0.511. The van der Waals surface area contributed by atoms with Gasteiger partial charge in [-0.2, -0.15) is 0 Å². The molecule has 1 aromatic heterocycles. The highest BCUT2D eigenvalue weighted by Crippen LogP contribution is 2.30. The molecule has 0 radical (unpaired) electrons. The van der Waals surface area contributed by atoms with Crippen LogP contribution in [0.15, 0.2) is 17.1 Å². The number of nitrogens with one attached hydrogen (secondary N) is 1. The molecular weight excluding hydrogens is 258 g/mol. The van der Waals surface area contributed by atoms with Gasteiger partial charge in [0.05, 0.1) is 4.92 Å². The number of nitrogens with zero attached hydrogens (tertiary/aromatic N) is 2. The van der Waals surface area contributed by atoms with Gasteiger partial charge in [-0.15, -0.1) is 0 Å². The summed E-state index contributed by atoms with van der Waals surface area (Å²) in [6.07, 6.45) is 4.78. The average Bonchev–Trinajstić information content (AvgIpc) is 2.37. The Balaban J connectivity index is 2.25. The second kappa shape index (κ2) is 6.07. The number of nitro groups is 1. The number of piperidine rings is 1. The van der Waals surface area contributed by atoms with Crippen molar-refractivity contribution in [3.8, 4) is 0 Å². The molecule has 1 atom stereocenters. The summed E-state index contributed by atoms with van der Waals surface area (Å²) in [6, 6.07) is 1.64. The minimum Gasteiger partial charge on any atom is -0.365 e. The molecule has 1 unspecified atom stereocenters. The van der Waals surface area contributed by atoms with E-state index in [1.54, 1.807) is 6.07 Å². The number of H-pyrrole nitrogens is 1. The summed E-state index contributed by atoms with van der Waals surface area (Å²) < 4.78 is 0. The molecular formula is C14H21N3O3. The molecule has 1 N–H and O–H groups in total. The van der Waals surface area contributed by atoms with Crippen molar-refractivity contribution in [2.24, 2.45) is 11.8 Å². The Kier molecular flexibility index (Phi) is 4.42. The third-order valence-corrected chi connectivity index (χ3v) is 3.76. The lowest BCUT2D eigenvalue weighted by Gasteiger charge is -2.34. The highest BCUT2D eigenvalue weighted by Gasteiger charge is 2.27. The van der Waals surface area contributed by atoms with Crippen LogP contribution < -0.4 is 10.5 Å². The van der Waals surface area contributed by atoms with Gasteiger partial charge in [-0.3, -0.25) is 14.9 Å². The number of anilines is 1. The molecule has 2 rings (SSSR count). The Morgan fingerprint density at radius 2 is 2.30 bits per heavy atom. The van der Waals surface area contributed by atoms with E-state index in [1.807, 2.05) is 4.90 Å². The molecule has 1 saturated heterocycles. The van der Waals surface area contributed by atoms with E-state index in [9.17, 15) is 14.9 Å². The zero-order valence-corrected chi connectivity index (χ0v) is 12.0. The Morgan fingerprint density at radius 3 is 2.95 bits per heavy atom. The summed E-state index contributed by atoms with van der Waals surface area (Å²) in [4.78, 5) is 26.6. The quantitative estimate of drug-likeness (QED) is 0.678. The van der Waals surface area contributed by atoms with E-state index in [1.165, 1.54) is 6.20 Å². The molecule has 20 heavy (non-hydrogen) atoms. The van der Waals surface area contributed by atoms with Crippen molar-refractivity contribution in [2.45, 2.75) is 33.1 Å². The Labute approximate surface area is 118 Å². The standard InChI is InChI=1S/C14H21N3O3/c1-10(2)8-11-4-3-7-16(9-11)12-5-6-15-14(18)13(12)17(19)20/h5-6,10-11H,3-4,7-9H2,1-2H3,(H,15,18). The van der Waals surface area contributed by atoms with Gasteiger partial charge < -0.3 is 9.88 Å². The van der Waals surface area contributed by atoms with Gasteiger partial charge in [-0.1, -0.05) is 13.8 Å². The molecule has 0 saturated carbocycles. The smallest absolute Gasteiger partial charge is 0.356 e. The number of hydrogen-bond donors (Lipinski definition) is 1. The van der Waals surface area contributed by atoms with Gasteiger partial charge >= 0.3 is 11.2 Å². The third-order valence-electron chi connectivity index (χ3n) is 3.76. The second-order valence-electron chi connectivity index (χ2n) is 5.88. The highest BCUT2D eigenvalue weighted by atomic mass is 16.6. The Hall–Kier alpha value is -1.85. The van der Waals surface area contributed by atoms with Crippen LogP contribution in [-0.4, -0.2) is 23.0 Å².